The van der Waals surface area contributed by atoms with Gasteiger partial charge in [0.05, 0.1) is 0 Å². The Morgan fingerprint density at radius 1 is 1.45 bits per heavy atom. The van der Waals surface area contributed by atoms with E-state index in [-0.39, 0.29) is 5.91 Å². The standard InChI is InChI=1S/C15H13ClN2O2/c1-9-3-2-6-17-14(9)18-15(19)13-8-10-7-11(16)4-5-12(10)20-13/h2-7,13H,8H2,1H3,(H,17,18,19)/t13-/m0/s1. The van der Waals surface area contributed by atoms with Gasteiger partial charge in [-0.15, -0.1) is 0 Å². The number of aromatic nitrogens is 1. The summed E-state index contributed by atoms with van der Waals surface area (Å²) in [5.74, 6) is 1.08. The molecule has 0 saturated carbocycles. The van der Waals surface area contributed by atoms with Crippen molar-refractivity contribution in [3.05, 3.63) is 52.7 Å². The summed E-state index contributed by atoms with van der Waals surface area (Å²) in [5.41, 5.74) is 1.87. The van der Waals surface area contributed by atoms with Crippen molar-refractivity contribution in [2.24, 2.45) is 0 Å². The molecule has 1 aromatic heterocycles. The molecule has 1 aliphatic rings. The van der Waals surface area contributed by atoms with Crippen LogP contribution in [-0.2, 0) is 11.2 Å². The summed E-state index contributed by atoms with van der Waals surface area (Å²) >= 11 is 5.94. The minimum Gasteiger partial charge on any atom is -0.480 e. The first-order valence-corrected chi connectivity index (χ1v) is 6.69. The van der Waals surface area contributed by atoms with Gasteiger partial charge >= 0.3 is 0 Å². The van der Waals surface area contributed by atoms with Gasteiger partial charge in [0.15, 0.2) is 6.10 Å². The lowest BCUT2D eigenvalue weighted by Crippen LogP contribution is -2.32. The second-order valence-corrected chi connectivity index (χ2v) is 5.16. The molecule has 2 heterocycles. The zero-order valence-electron chi connectivity index (χ0n) is 10.9. The average Bonchev–Trinajstić information content (AvgIpc) is 2.84. The largest absolute Gasteiger partial charge is 0.480 e. The van der Waals surface area contributed by atoms with Gasteiger partial charge in [-0.1, -0.05) is 17.7 Å². The minimum absolute atomic E-state index is 0.195. The number of nitrogens with zero attached hydrogens (tertiary/aromatic N) is 1. The maximum Gasteiger partial charge on any atom is 0.266 e. The van der Waals surface area contributed by atoms with Crippen LogP contribution in [0.2, 0.25) is 5.02 Å². The van der Waals surface area contributed by atoms with Crippen LogP contribution in [0.25, 0.3) is 0 Å². The van der Waals surface area contributed by atoms with Gasteiger partial charge in [-0.2, -0.15) is 0 Å². The molecule has 3 rings (SSSR count). The highest BCUT2D eigenvalue weighted by Gasteiger charge is 2.29. The van der Waals surface area contributed by atoms with Crippen molar-refractivity contribution in [3.8, 4) is 5.75 Å². The number of pyridine rings is 1. The smallest absolute Gasteiger partial charge is 0.266 e. The van der Waals surface area contributed by atoms with Crippen LogP contribution in [0, 0.1) is 6.92 Å². The lowest BCUT2D eigenvalue weighted by atomic mass is 10.1. The molecule has 4 nitrogen and oxygen atoms in total. The molecule has 0 radical (unpaired) electrons. The molecule has 0 bridgehead atoms. The Hall–Kier alpha value is -2.07. The Balaban J connectivity index is 1.73. The van der Waals surface area contributed by atoms with Crippen LogP contribution in [0.3, 0.4) is 0 Å². The molecule has 20 heavy (non-hydrogen) atoms. The van der Waals surface area contributed by atoms with Crippen LogP contribution in [0.15, 0.2) is 36.5 Å². The topological polar surface area (TPSA) is 51.2 Å². The number of carbonyl (C=O) groups excluding carboxylic acids is 1. The molecular formula is C15H13ClN2O2. The van der Waals surface area contributed by atoms with E-state index in [1.54, 1.807) is 18.3 Å². The zero-order chi connectivity index (χ0) is 14.1. The van der Waals surface area contributed by atoms with Gasteiger partial charge < -0.3 is 10.1 Å². The van der Waals surface area contributed by atoms with Gasteiger partial charge in [-0.3, -0.25) is 4.79 Å². The third kappa shape index (κ3) is 2.47. The number of hydrogen-bond donors (Lipinski definition) is 1. The predicted octanol–water partition coefficient (Wildman–Crippen LogP) is 2.99. The van der Waals surface area contributed by atoms with Crippen LogP contribution >= 0.6 is 11.6 Å². The van der Waals surface area contributed by atoms with Gasteiger partial charge in [0.1, 0.15) is 11.6 Å². The Morgan fingerprint density at radius 3 is 3.10 bits per heavy atom. The number of rotatable bonds is 2. The zero-order valence-corrected chi connectivity index (χ0v) is 11.6. The summed E-state index contributed by atoms with van der Waals surface area (Å²) in [6.45, 7) is 1.90. The first kappa shape index (κ1) is 12.9. The Bertz CT molecular complexity index is 673. The number of halogens is 1. The minimum atomic E-state index is -0.537. The van der Waals surface area contributed by atoms with Crippen molar-refractivity contribution in [1.29, 1.82) is 0 Å². The number of ether oxygens (including phenoxy) is 1. The fourth-order valence-electron chi connectivity index (χ4n) is 2.18. The van der Waals surface area contributed by atoms with Crippen LogP contribution in [0.4, 0.5) is 5.82 Å². The summed E-state index contributed by atoms with van der Waals surface area (Å²) in [4.78, 5) is 16.4. The van der Waals surface area contributed by atoms with E-state index in [2.05, 4.69) is 10.3 Å². The second-order valence-electron chi connectivity index (χ2n) is 4.72. The van der Waals surface area contributed by atoms with Crippen molar-refractivity contribution >= 4 is 23.3 Å². The van der Waals surface area contributed by atoms with E-state index < -0.39 is 6.10 Å². The molecule has 1 aliphatic heterocycles. The number of hydrogen-bond acceptors (Lipinski definition) is 3. The monoisotopic (exact) mass is 288 g/mol. The van der Waals surface area contributed by atoms with E-state index >= 15 is 0 Å². The average molecular weight is 289 g/mol. The molecule has 0 spiro atoms. The molecule has 1 aromatic carbocycles. The normalized spacial score (nSPS) is 16.4. The molecule has 5 heteroatoms. The van der Waals surface area contributed by atoms with Crippen LogP contribution in [-0.4, -0.2) is 17.0 Å². The van der Waals surface area contributed by atoms with Gasteiger partial charge in [0, 0.05) is 17.6 Å². The maximum absolute atomic E-state index is 12.2. The predicted molar refractivity (Wildman–Crippen MR) is 77.2 cm³/mol. The van der Waals surface area contributed by atoms with E-state index in [0.29, 0.717) is 23.0 Å². The lowest BCUT2D eigenvalue weighted by Gasteiger charge is -2.12. The number of aryl methyl sites for hydroxylation is 1. The van der Waals surface area contributed by atoms with Gasteiger partial charge in [0.2, 0.25) is 0 Å². The Morgan fingerprint density at radius 2 is 2.30 bits per heavy atom. The molecule has 0 saturated heterocycles. The highest BCUT2D eigenvalue weighted by molar-refractivity contribution is 6.30. The van der Waals surface area contributed by atoms with Crippen LogP contribution in [0.5, 0.6) is 5.75 Å². The van der Waals surface area contributed by atoms with Crippen LogP contribution < -0.4 is 10.1 Å². The van der Waals surface area contributed by atoms with Crippen molar-refractivity contribution in [3.63, 3.8) is 0 Å². The molecule has 1 atom stereocenters. The molecule has 102 valence electrons. The SMILES string of the molecule is Cc1cccnc1NC(=O)[C@@H]1Cc2cc(Cl)ccc2O1. The van der Waals surface area contributed by atoms with Gasteiger partial charge in [-0.05, 0) is 42.3 Å². The van der Waals surface area contributed by atoms with E-state index in [1.807, 2.05) is 25.1 Å². The van der Waals surface area contributed by atoms with Crippen molar-refractivity contribution in [1.82, 2.24) is 4.98 Å². The second kappa shape index (κ2) is 5.13. The third-order valence-corrected chi connectivity index (χ3v) is 3.48. The molecule has 1 N–H and O–H groups in total. The van der Waals surface area contributed by atoms with Gasteiger partial charge in [0.25, 0.3) is 5.91 Å². The summed E-state index contributed by atoms with van der Waals surface area (Å²) in [6.07, 6.45) is 1.63. The van der Waals surface area contributed by atoms with Crippen molar-refractivity contribution in [2.75, 3.05) is 5.32 Å². The third-order valence-electron chi connectivity index (χ3n) is 3.24. The summed E-state index contributed by atoms with van der Waals surface area (Å²) in [7, 11) is 0. The molecule has 0 fully saturated rings. The van der Waals surface area contributed by atoms with Gasteiger partial charge in [-0.25, -0.2) is 4.98 Å². The van der Waals surface area contributed by atoms with Crippen LogP contribution in [0.1, 0.15) is 11.1 Å². The number of nitrogens with one attached hydrogen (secondary N) is 1. The molecule has 0 unspecified atom stereocenters. The molecular weight excluding hydrogens is 276 g/mol. The number of carbonyl (C=O) groups is 1. The lowest BCUT2D eigenvalue weighted by molar-refractivity contribution is -0.122. The first-order chi connectivity index (χ1) is 9.63. The summed E-state index contributed by atoms with van der Waals surface area (Å²) < 4.78 is 5.64. The van der Waals surface area contributed by atoms with Crippen molar-refractivity contribution in [2.45, 2.75) is 19.4 Å². The van der Waals surface area contributed by atoms with Crippen molar-refractivity contribution < 1.29 is 9.53 Å². The summed E-state index contributed by atoms with van der Waals surface area (Å²) in [5, 5.41) is 3.44. The molecule has 2 aromatic rings. The van der Waals surface area contributed by atoms with E-state index in [1.165, 1.54) is 0 Å². The highest BCUT2D eigenvalue weighted by atomic mass is 35.5. The maximum atomic E-state index is 12.2. The fourth-order valence-corrected chi connectivity index (χ4v) is 2.37. The first-order valence-electron chi connectivity index (χ1n) is 6.31. The number of amides is 1. The van der Waals surface area contributed by atoms with E-state index in [4.69, 9.17) is 16.3 Å². The van der Waals surface area contributed by atoms with E-state index in [9.17, 15) is 4.79 Å². The fraction of sp³-hybridized carbons (Fsp3) is 0.200. The number of fused-ring (bicyclic) bond motifs is 1. The quantitative estimate of drug-likeness (QED) is 0.924. The van der Waals surface area contributed by atoms with E-state index in [0.717, 1.165) is 11.1 Å². The molecule has 0 aliphatic carbocycles. The summed E-state index contributed by atoms with van der Waals surface area (Å²) in [6, 6.07) is 9.10. The molecule has 1 amide bonds. The number of anilines is 1. The highest BCUT2D eigenvalue weighted by Crippen LogP contribution is 2.31. The Kier molecular flexibility index (Phi) is 3.32. The number of benzene rings is 1. The Labute approximate surface area is 121 Å².